The van der Waals surface area contributed by atoms with Gasteiger partial charge in [-0.3, -0.25) is 9.59 Å². The van der Waals surface area contributed by atoms with Gasteiger partial charge in [-0.05, 0) is 42.9 Å². The first kappa shape index (κ1) is 19.7. The van der Waals surface area contributed by atoms with Gasteiger partial charge in [-0.2, -0.15) is 0 Å². The molecule has 0 bridgehead atoms. The zero-order chi connectivity index (χ0) is 17.7. The van der Waals surface area contributed by atoms with Crippen molar-refractivity contribution in [3.63, 3.8) is 0 Å². The van der Waals surface area contributed by atoms with Crippen molar-refractivity contribution in [2.45, 2.75) is 25.3 Å². The second kappa shape index (κ2) is 7.55. The van der Waals surface area contributed by atoms with Gasteiger partial charge in [0.25, 0.3) is 0 Å². The number of carbonyl (C=O) groups is 2. The first-order chi connectivity index (χ1) is 11.9. The van der Waals surface area contributed by atoms with Crippen LogP contribution in [0, 0.1) is 17.8 Å². The second-order valence-electron chi connectivity index (χ2n) is 7.44. The molecule has 142 valence electrons. The summed E-state index contributed by atoms with van der Waals surface area (Å²) < 4.78 is 0. The van der Waals surface area contributed by atoms with E-state index < -0.39 is 0 Å². The van der Waals surface area contributed by atoms with Crippen molar-refractivity contribution in [1.29, 1.82) is 0 Å². The SMILES string of the molecule is Cl.NC1CCC2CN(C(=O)C3CC(=O)N(c4cc(Cl)cc(Cl)c4)C3)CC12. The quantitative estimate of drug-likeness (QED) is 0.803. The lowest BCUT2D eigenvalue weighted by atomic mass is 9.98. The number of anilines is 1. The van der Waals surface area contributed by atoms with Crippen LogP contribution in [0.25, 0.3) is 0 Å². The van der Waals surface area contributed by atoms with E-state index >= 15 is 0 Å². The Labute approximate surface area is 169 Å². The van der Waals surface area contributed by atoms with Gasteiger partial charge in [-0.15, -0.1) is 12.4 Å². The van der Waals surface area contributed by atoms with Crippen molar-refractivity contribution in [2.24, 2.45) is 23.5 Å². The van der Waals surface area contributed by atoms with Gasteiger partial charge in [-0.1, -0.05) is 23.2 Å². The maximum absolute atomic E-state index is 12.9. The van der Waals surface area contributed by atoms with Crippen molar-refractivity contribution >= 4 is 53.1 Å². The minimum absolute atomic E-state index is 0. The zero-order valence-electron chi connectivity index (χ0n) is 14.2. The first-order valence-electron chi connectivity index (χ1n) is 8.73. The molecule has 26 heavy (non-hydrogen) atoms. The summed E-state index contributed by atoms with van der Waals surface area (Å²) in [5.41, 5.74) is 6.81. The molecule has 2 N–H and O–H groups in total. The smallest absolute Gasteiger partial charge is 0.228 e. The molecule has 0 spiro atoms. The van der Waals surface area contributed by atoms with Crippen LogP contribution in [0.1, 0.15) is 19.3 Å². The van der Waals surface area contributed by atoms with E-state index in [0.717, 1.165) is 25.9 Å². The van der Waals surface area contributed by atoms with Gasteiger partial charge in [0.05, 0.1) is 5.92 Å². The van der Waals surface area contributed by atoms with Crippen LogP contribution < -0.4 is 10.6 Å². The molecule has 1 aliphatic carbocycles. The third-order valence-corrected chi connectivity index (χ3v) is 6.29. The van der Waals surface area contributed by atoms with Crippen molar-refractivity contribution in [1.82, 2.24) is 4.90 Å². The fraction of sp³-hybridized carbons (Fsp3) is 0.556. The number of benzene rings is 1. The molecule has 3 aliphatic rings. The third kappa shape index (κ3) is 3.55. The highest BCUT2D eigenvalue weighted by atomic mass is 35.5. The number of nitrogens with zero attached hydrogens (tertiary/aromatic N) is 2. The van der Waals surface area contributed by atoms with E-state index in [4.69, 9.17) is 28.9 Å². The van der Waals surface area contributed by atoms with Gasteiger partial charge in [0.15, 0.2) is 0 Å². The Morgan fingerprint density at radius 2 is 1.77 bits per heavy atom. The highest BCUT2D eigenvalue weighted by Crippen LogP contribution is 2.38. The molecule has 1 saturated carbocycles. The van der Waals surface area contributed by atoms with Crippen LogP contribution in [0.5, 0.6) is 0 Å². The Hall–Kier alpha value is -1.01. The average molecular weight is 419 g/mol. The molecule has 4 unspecified atom stereocenters. The van der Waals surface area contributed by atoms with E-state index in [1.165, 1.54) is 0 Å². The Bertz CT molecular complexity index is 709. The topological polar surface area (TPSA) is 66.6 Å². The molecule has 3 fully saturated rings. The Morgan fingerprint density at radius 1 is 1.08 bits per heavy atom. The number of hydrogen-bond acceptors (Lipinski definition) is 3. The lowest BCUT2D eigenvalue weighted by Crippen LogP contribution is -2.38. The molecular formula is C18H22Cl3N3O2. The van der Waals surface area contributed by atoms with Gasteiger partial charge in [0.2, 0.25) is 11.8 Å². The van der Waals surface area contributed by atoms with Crippen LogP contribution >= 0.6 is 35.6 Å². The number of amides is 2. The van der Waals surface area contributed by atoms with Crippen molar-refractivity contribution in [3.05, 3.63) is 28.2 Å². The number of hydrogen-bond donors (Lipinski definition) is 1. The number of fused-ring (bicyclic) bond motifs is 1. The number of nitrogens with two attached hydrogens (primary N) is 1. The van der Waals surface area contributed by atoms with Gasteiger partial charge < -0.3 is 15.5 Å². The number of likely N-dealkylation sites (tertiary alicyclic amines) is 1. The Morgan fingerprint density at radius 3 is 2.42 bits per heavy atom. The minimum Gasteiger partial charge on any atom is -0.342 e. The summed E-state index contributed by atoms with van der Waals surface area (Å²) in [5, 5.41) is 0.956. The van der Waals surface area contributed by atoms with Crippen LogP contribution in [0.2, 0.25) is 10.0 Å². The van der Waals surface area contributed by atoms with E-state index in [2.05, 4.69) is 0 Å². The van der Waals surface area contributed by atoms with Gasteiger partial charge in [0, 0.05) is 47.8 Å². The number of carbonyl (C=O) groups excluding carboxylic acids is 2. The van der Waals surface area contributed by atoms with Crippen molar-refractivity contribution in [3.8, 4) is 0 Å². The molecule has 0 aromatic heterocycles. The monoisotopic (exact) mass is 417 g/mol. The van der Waals surface area contributed by atoms with Gasteiger partial charge in [-0.25, -0.2) is 0 Å². The minimum atomic E-state index is -0.305. The molecule has 2 saturated heterocycles. The van der Waals surface area contributed by atoms with Crippen LogP contribution in [0.15, 0.2) is 18.2 Å². The predicted octanol–water partition coefficient (Wildman–Crippen LogP) is 2.96. The maximum atomic E-state index is 12.9. The summed E-state index contributed by atoms with van der Waals surface area (Å²) in [5.74, 6) is 0.654. The average Bonchev–Trinajstić information content (AvgIpc) is 3.22. The van der Waals surface area contributed by atoms with E-state index in [9.17, 15) is 9.59 Å². The van der Waals surface area contributed by atoms with Gasteiger partial charge in [0.1, 0.15) is 0 Å². The zero-order valence-corrected chi connectivity index (χ0v) is 16.6. The molecule has 0 radical (unpaired) electrons. The Balaban J connectivity index is 0.00000196. The summed E-state index contributed by atoms with van der Waals surface area (Å²) in [4.78, 5) is 28.9. The molecular weight excluding hydrogens is 397 g/mol. The fourth-order valence-electron chi connectivity index (χ4n) is 4.56. The largest absolute Gasteiger partial charge is 0.342 e. The molecule has 2 aliphatic heterocycles. The van der Waals surface area contributed by atoms with Crippen LogP contribution in [0.3, 0.4) is 0 Å². The molecule has 2 heterocycles. The van der Waals surface area contributed by atoms with Crippen molar-refractivity contribution in [2.75, 3.05) is 24.5 Å². The van der Waals surface area contributed by atoms with E-state index in [-0.39, 0.29) is 42.6 Å². The summed E-state index contributed by atoms with van der Waals surface area (Å²) in [6.07, 6.45) is 2.40. The fourth-order valence-corrected chi connectivity index (χ4v) is 5.08. The van der Waals surface area contributed by atoms with E-state index in [1.807, 2.05) is 4.90 Å². The normalized spacial score (nSPS) is 30.5. The standard InChI is InChI=1S/C18H21Cl2N3O2.ClH/c19-12-4-13(20)6-14(5-12)23-8-11(3-17(23)24)18(25)22-7-10-1-2-16(21)15(10)9-22;/h4-6,10-11,15-16H,1-3,7-9,21H2;1H. The highest BCUT2D eigenvalue weighted by Gasteiger charge is 2.45. The molecule has 1 aromatic rings. The first-order valence-corrected chi connectivity index (χ1v) is 9.49. The second-order valence-corrected chi connectivity index (χ2v) is 8.31. The molecule has 2 amide bonds. The molecule has 8 heteroatoms. The molecule has 4 atom stereocenters. The third-order valence-electron chi connectivity index (χ3n) is 5.86. The summed E-state index contributed by atoms with van der Waals surface area (Å²) in [6.45, 7) is 1.90. The molecule has 1 aromatic carbocycles. The van der Waals surface area contributed by atoms with Gasteiger partial charge >= 0.3 is 0 Å². The molecule has 4 rings (SSSR count). The summed E-state index contributed by atoms with van der Waals surface area (Å²) in [6, 6.07) is 5.25. The summed E-state index contributed by atoms with van der Waals surface area (Å²) in [7, 11) is 0. The predicted molar refractivity (Wildman–Crippen MR) is 105 cm³/mol. The summed E-state index contributed by atoms with van der Waals surface area (Å²) >= 11 is 12.1. The van der Waals surface area contributed by atoms with Crippen molar-refractivity contribution < 1.29 is 9.59 Å². The van der Waals surface area contributed by atoms with E-state index in [0.29, 0.717) is 34.1 Å². The maximum Gasteiger partial charge on any atom is 0.228 e. The lowest BCUT2D eigenvalue weighted by Gasteiger charge is -2.22. The lowest BCUT2D eigenvalue weighted by molar-refractivity contribution is -0.135. The van der Waals surface area contributed by atoms with Crippen LogP contribution in [-0.2, 0) is 9.59 Å². The number of rotatable bonds is 2. The molecule has 5 nitrogen and oxygen atoms in total. The highest BCUT2D eigenvalue weighted by molar-refractivity contribution is 6.35. The van der Waals surface area contributed by atoms with E-state index in [1.54, 1.807) is 23.1 Å². The Kier molecular flexibility index (Phi) is 5.73. The van der Waals surface area contributed by atoms with Crippen LogP contribution in [-0.4, -0.2) is 42.4 Å². The van der Waals surface area contributed by atoms with Crippen LogP contribution in [0.4, 0.5) is 5.69 Å². The number of halogens is 3.